The summed E-state index contributed by atoms with van der Waals surface area (Å²) in [6, 6.07) is -0.827. The van der Waals surface area contributed by atoms with Gasteiger partial charge in [-0.25, -0.2) is 0 Å². The van der Waals surface area contributed by atoms with Gasteiger partial charge < -0.3 is 20.6 Å². The maximum absolute atomic E-state index is 12.4. The first kappa shape index (κ1) is 46.8. The van der Waals surface area contributed by atoms with Crippen molar-refractivity contribution in [1.82, 2.24) is 5.32 Å². The maximum Gasteiger partial charge on any atom is 0.220 e. The number of unbranched alkanes of at least 4 members (excludes halogenated alkanes) is 26. The molecule has 0 saturated heterocycles. The molecule has 0 aliphatic rings. The first-order valence-corrected chi connectivity index (χ1v) is 21.1. The lowest BCUT2D eigenvalue weighted by atomic mass is 10.0. The molecule has 5 heteroatoms. The zero-order chi connectivity index (χ0) is 35.2. The molecule has 0 bridgehead atoms. The molecular formula is C43H83NO4. The molecule has 3 unspecified atom stereocenters. The van der Waals surface area contributed by atoms with Crippen molar-refractivity contribution < 1.29 is 20.1 Å². The minimum atomic E-state index is -1.16. The molecule has 0 aromatic rings. The Balaban J connectivity index is 3.63. The molecule has 3 atom stereocenters. The first-order chi connectivity index (χ1) is 23.6. The summed E-state index contributed by atoms with van der Waals surface area (Å²) in [6.07, 6.45) is 45.7. The van der Waals surface area contributed by atoms with E-state index in [0.29, 0.717) is 12.8 Å². The molecule has 0 aliphatic carbocycles. The number of allylic oxidation sites excluding steroid dienone is 4. The zero-order valence-electron chi connectivity index (χ0n) is 32.1. The molecule has 0 spiro atoms. The average Bonchev–Trinajstić information content (AvgIpc) is 3.09. The molecule has 0 saturated carbocycles. The second-order valence-corrected chi connectivity index (χ2v) is 14.5. The highest BCUT2D eigenvalue weighted by molar-refractivity contribution is 5.76. The van der Waals surface area contributed by atoms with E-state index in [-0.39, 0.29) is 12.5 Å². The molecule has 0 rings (SSSR count). The molecule has 0 aromatic carbocycles. The molecule has 0 radical (unpaired) electrons. The van der Waals surface area contributed by atoms with E-state index >= 15 is 0 Å². The van der Waals surface area contributed by atoms with Gasteiger partial charge in [0.05, 0.1) is 18.8 Å². The fourth-order valence-electron chi connectivity index (χ4n) is 6.47. The van der Waals surface area contributed by atoms with E-state index in [2.05, 4.69) is 43.5 Å². The molecule has 0 aliphatic heterocycles. The Morgan fingerprint density at radius 2 is 0.854 bits per heavy atom. The van der Waals surface area contributed by atoms with E-state index < -0.39 is 18.2 Å². The van der Waals surface area contributed by atoms with Crippen molar-refractivity contribution in [3.63, 3.8) is 0 Å². The number of rotatable bonds is 38. The summed E-state index contributed by atoms with van der Waals surface area (Å²) in [4.78, 5) is 12.4. The third-order valence-electron chi connectivity index (χ3n) is 9.79. The normalized spacial score (nSPS) is 13.9. The smallest absolute Gasteiger partial charge is 0.220 e. The van der Waals surface area contributed by atoms with E-state index in [1.165, 1.54) is 148 Å². The van der Waals surface area contributed by atoms with Crippen LogP contribution < -0.4 is 5.32 Å². The van der Waals surface area contributed by atoms with Gasteiger partial charge in [-0.15, -0.1) is 0 Å². The topological polar surface area (TPSA) is 89.8 Å². The lowest BCUT2D eigenvalue weighted by Gasteiger charge is -2.26. The number of aliphatic hydroxyl groups is 3. The van der Waals surface area contributed by atoms with Gasteiger partial charge in [-0.3, -0.25) is 4.79 Å². The number of hydrogen-bond acceptors (Lipinski definition) is 4. The Kier molecular flexibility index (Phi) is 37.7. The van der Waals surface area contributed by atoms with Crippen LogP contribution in [0.2, 0.25) is 0 Å². The van der Waals surface area contributed by atoms with Crippen LogP contribution in [0.15, 0.2) is 24.3 Å². The number of nitrogens with one attached hydrogen (secondary N) is 1. The van der Waals surface area contributed by atoms with Crippen LogP contribution in [0.5, 0.6) is 0 Å². The fourth-order valence-corrected chi connectivity index (χ4v) is 6.47. The van der Waals surface area contributed by atoms with E-state index in [9.17, 15) is 20.1 Å². The van der Waals surface area contributed by atoms with Gasteiger partial charge >= 0.3 is 0 Å². The van der Waals surface area contributed by atoms with Gasteiger partial charge in [0, 0.05) is 6.42 Å². The summed E-state index contributed by atoms with van der Waals surface area (Å²) >= 11 is 0. The van der Waals surface area contributed by atoms with E-state index in [4.69, 9.17) is 0 Å². The lowest BCUT2D eigenvalue weighted by Crippen LogP contribution is -2.50. The van der Waals surface area contributed by atoms with Gasteiger partial charge in [0.25, 0.3) is 0 Å². The van der Waals surface area contributed by atoms with E-state index in [0.717, 1.165) is 44.9 Å². The van der Waals surface area contributed by atoms with Gasteiger partial charge in [0.15, 0.2) is 0 Å². The van der Waals surface area contributed by atoms with Gasteiger partial charge in [0.2, 0.25) is 5.91 Å². The number of aliphatic hydroxyl groups excluding tert-OH is 3. The first-order valence-electron chi connectivity index (χ1n) is 21.1. The van der Waals surface area contributed by atoms with Gasteiger partial charge in [0.1, 0.15) is 6.10 Å². The van der Waals surface area contributed by atoms with Crippen molar-refractivity contribution >= 4 is 5.91 Å². The SMILES string of the molecule is CCCCCC/C=C/CC/C=C/CCCC(O)C(O)C(CO)NC(=O)CCCCCCCCCCCCCCCCCCCCCCC. The Hall–Kier alpha value is -1.17. The van der Waals surface area contributed by atoms with E-state index in [1.54, 1.807) is 0 Å². The summed E-state index contributed by atoms with van der Waals surface area (Å²) in [7, 11) is 0. The molecule has 284 valence electrons. The highest BCUT2D eigenvalue weighted by Crippen LogP contribution is 2.16. The number of amides is 1. The maximum atomic E-state index is 12.4. The predicted molar refractivity (Wildman–Crippen MR) is 208 cm³/mol. The predicted octanol–water partition coefficient (Wildman–Crippen LogP) is 11.8. The molecule has 4 N–H and O–H groups in total. The summed E-state index contributed by atoms with van der Waals surface area (Å²) in [5.74, 6) is -0.156. The average molecular weight is 678 g/mol. The molecule has 1 amide bonds. The second-order valence-electron chi connectivity index (χ2n) is 14.5. The summed E-state index contributed by atoms with van der Waals surface area (Å²) in [5.41, 5.74) is 0. The minimum Gasteiger partial charge on any atom is -0.394 e. The lowest BCUT2D eigenvalue weighted by molar-refractivity contribution is -0.124. The largest absolute Gasteiger partial charge is 0.394 e. The quantitative estimate of drug-likeness (QED) is 0.0387. The van der Waals surface area contributed by atoms with Crippen LogP contribution in [-0.2, 0) is 4.79 Å². The van der Waals surface area contributed by atoms with Crippen LogP contribution in [0.1, 0.15) is 219 Å². The minimum absolute atomic E-state index is 0.156. The molecule has 0 fully saturated rings. The number of hydrogen-bond donors (Lipinski definition) is 4. The number of carbonyl (C=O) groups is 1. The van der Waals surface area contributed by atoms with Crippen LogP contribution >= 0.6 is 0 Å². The van der Waals surface area contributed by atoms with Crippen molar-refractivity contribution in [3.05, 3.63) is 24.3 Å². The third kappa shape index (κ3) is 33.3. The number of carbonyl (C=O) groups excluding carboxylic acids is 1. The van der Waals surface area contributed by atoms with Crippen molar-refractivity contribution in [2.24, 2.45) is 0 Å². The Labute approximate surface area is 299 Å². The Morgan fingerprint density at radius 1 is 0.500 bits per heavy atom. The fraction of sp³-hybridized carbons (Fsp3) is 0.884. The molecule has 48 heavy (non-hydrogen) atoms. The summed E-state index contributed by atoms with van der Waals surface area (Å²) in [5, 5.41) is 33.4. The third-order valence-corrected chi connectivity index (χ3v) is 9.79. The van der Waals surface area contributed by atoms with Crippen molar-refractivity contribution in [2.75, 3.05) is 6.61 Å². The standard InChI is InChI=1S/C43H83NO4/c1-3-5-7-9-11-13-15-17-18-19-20-21-22-23-24-26-28-30-32-34-36-38-42(47)44-40(39-45)43(48)41(46)37-35-33-31-29-27-25-16-14-12-10-8-6-4-2/h14,16,29,31,40-41,43,45-46,48H,3-13,15,17-28,30,32-39H2,1-2H3,(H,44,47)/b16-14+,31-29+. The van der Waals surface area contributed by atoms with Gasteiger partial charge in [-0.05, 0) is 51.4 Å². The molecular weight excluding hydrogens is 594 g/mol. The highest BCUT2D eigenvalue weighted by Gasteiger charge is 2.26. The van der Waals surface area contributed by atoms with Crippen molar-refractivity contribution in [1.29, 1.82) is 0 Å². The van der Waals surface area contributed by atoms with Crippen LogP contribution in [0.4, 0.5) is 0 Å². The Bertz CT molecular complexity index is 709. The highest BCUT2D eigenvalue weighted by atomic mass is 16.3. The zero-order valence-corrected chi connectivity index (χ0v) is 32.1. The molecule has 0 heterocycles. The van der Waals surface area contributed by atoms with E-state index in [1.807, 2.05) is 0 Å². The second kappa shape index (κ2) is 38.6. The summed E-state index contributed by atoms with van der Waals surface area (Å²) in [6.45, 7) is 4.14. The van der Waals surface area contributed by atoms with Crippen LogP contribution in [-0.4, -0.2) is 46.1 Å². The van der Waals surface area contributed by atoms with Gasteiger partial charge in [-0.2, -0.15) is 0 Å². The van der Waals surface area contributed by atoms with Crippen molar-refractivity contribution in [3.8, 4) is 0 Å². The van der Waals surface area contributed by atoms with Crippen LogP contribution in [0, 0.1) is 0 Å². The molecule has 5 nitrogen and oxygen atoms in total. The molecule has 0 aromatic heterocycles. The monoisotopic (exact) mass is 678 g/mol. The van der Waals surface area contributed by atoms with Crippen LogP contribution in [0.3, 0.4) is 0 Å². The van der Waals surface area contributed by atoms with Gasteiger partial charge in [-0.1, -0.05) is 186 Å². The van der Waals surface area contributed by atoms with Crippen LogP contribution in [0.25, 0.3) is 0 Å². The van der Waals surface area contributed by atoms with Crippen molar-refractivity contribution in [2.45, 2.75) is 238 Å². The summed E-state index contributed by atoms with van der Waals surface area (Å²) < 4.78 is 0. The Morgan fingerprint density at radius 3 is 1.27 bits per heavy atom.